The number of thioether (sulfide) groups is 1. The number of hydrogen-bond acceptors (Lipinski definition) is 3. The maximum absolute atomic E-state index is 9.09. The highest BCUT2D eigenvalue weighted by molar-refractivity contribution is 8.00. The van der Waals surface area contributed by atoms with Crippen LogP contribution < -0.4 is 5.32 Å². The third-order valence-electron chi connectivity index (χ3n) is 4.38. The third kappa shape index (κ3) is 4.24. The van der Waals surface area contributed by atoms with Crippen LogP contribution in [-0.2, 0) is 0 Å². The average Bonchev–Trinajstić information content (AvgIpc) is 2.48. The van der Waals surface area contributed by atoms with Crippen molar-refractivity contribution in [2.45, 2.75) is 55.1 Å². The summed E-state index contributed by atoms with van der Waals surface area (Å²) in [6.45, 7) is 2.53. The number of aliphatic hydroxyl groups excluding tert-OH is 1. The summed E-state index contributed by atoms with van der Waals surface area (Å²) in [5, 5.41) is 13.8. The molecule has 1 aliphatic carbocycles. The van der Waals surface area contributed by atoms with E-state index in [0.717, 1.165) is 6.42 Å². The first-order valence-corrected chi connectivity index (χ1v) is 8.67. The SMILES string of the molecule is CNC1CCC(c2ccccc2)CC1SC(C)CCO. The fraction of sp³-hybridized carbons (Fsp3) is 0.647. The molecule has 2 rings (SSSR count). The van der Waals surface area contributed by atoms with Gasteiger partial charge >= 0.3 is 0 Å². The summed E-state index contributed by atoms with van der Waals surface area (Å²) in [5.41, 5.74) is 1.49. The van der Waals surface area contributed by atoms with Gasteiger partial charge in [-0.1, -0.05) is 37.3 Å². The molecule has 2 nitrogen and oxygen atoms in total. The lowest BCUT2D eigenvalue weighted by molar-refractivity contribution is 0.288. The van der Waals surface area contributed by atoms with Gasteiger partial charge in [-0.15, -0.1) is 0 Å². The molecule has 0 spiro atoms. The lowest BCUT2D eigenvalue weighted by Gasteiger charge is -2.37. The molecule has 0 saturated heterocycles. The molecule has 1 aliphatic rings. The Kier molecular flexibility index (Phi) is 6.40. The minimum atomic E-state index is 0.299. The summed E-state index contributed by atoms with van der Waals surface area (Å²) in [4.78, 5) is 0. The molecule has 112 valence electrons. The van der Waals surface area contributed by atoms with Gasteiger partial charge in [0.25, 0.3) is 0 Å². The maximum atomic E-state index is 9.09. The Bertz CT molecular complexity index is 384. The first-order chi connectivity index (χ1) is 9.74. The topological polar surface area (TPSA) is 32.3 Å². The third-order valence-corrected chi connectivity index (χ3v) is 5.95. The van der Waals surface area contributed by atoms with E-state index in [2.05, 4.69) is 61.4 Å². The zero-order chi connectivity index (χ0) is 14.4. The van der Waals surface area contributed by atoms with E-state index in [0.29, 0.717) is 29.1 Å². The predicted octanol–water partition coefficient (Wildman–Crippen LogP) is 3.41. The molecule has 20 heavy (non-hydrogen) atoms. The normalized spacial score (nSPS) is 28.2. The molecule has 4 atom stereocenters. The van der Waals surface area contributed by atoms with Crippen molar-refractivity contribution in [1.82, 2.24) is 5.32 Å². The van der Waals surface area contributed by atoms with Crippen molar-refractivity contribution >= 4 is 11.8 Å². The van der Waals surface area contributed by atoms with Gasteiger partial charge in [-0.2, -0.15) is 11.8 Å². The lowest BCUT2D eigenvalue weighted by Crippen LogP contribution is -2.41. The number of rotatable bonds is 6. The van der Waals surface area contributed by atoms with Crippen molar-refractivity contribution in [3.05, 3.63) is 35.9 Å². The summed E-state index contributed by atoms with van der Waals surface area (Å²) in [5.74, 6) is 0.694. The van der Waals surface area contributed by atoms with Crippen LogP contribution in [0.2, 0.25) is 0 Å². The van der Waals surface area contributed by atoms with Crippen molar-refractivity contribution in [3.63, 3.8) is 0 Å². The summed E-state index contributed by atoms with van der Waals surface area (Å²) in [7, 11) is 2.08. The van der Waals surface area contributed by atoms with Crippen LogP contribution >= 0.6 is 11.8 Å². The minimum absolute atomic E-state index is 0.299. The summed E-state index contributed by atoms with van der Waals surface area (Å²) in [6, 6.07) is 11.5. The number of nitrogens with one attached hydrogen (secondary N) is 1. The maximum Gasteiger partial charge on any atom is 0.0441 e. The monoisotopic (exact) mass is 293 g/mol. The Hall–Kier alpha value is -0.510. The van der Waals surface area contributed by atoms with E-state index in [1.165, 1.54) is 24.8 Å². The van der Waals surface area contributed by atoms with Gasteiger partial charge in [0.15, 0.2) is 0 Å². The van der Waals surface area contributed by atoms with Crippen LogP contribution in [0.5, 0.6) is 0 Å². The second-order valence-corrected chi connectivity index (χ2v) is 7.50. The highest BCUT2D eigenvalue weighted by Gasteiger charge is 2.31. The van der Waals surface area contributed by atoms with E-state index in [9.17, 15) is 0 Å². The summed E-state index contributed by atoms with van der Waals surface area (Å²) >= 11 is 2.05. The van der Waals surface area contributed by atoms with Gasteiger partial charge in [0.05, 0.1) is 0 Å². The Labute approximate surface area is 127 Å². The highest BCUT2D eigenvalue weighted by atomic mass is 32.2. The van der Waals surface area contributed by atoms with Gasteiger partial charge in [0, 0.05) is 23.1 Å². The van der Waals surface area contributed by atoms with Crippen LogP contribution in [0.15, 0.2) is 30.3 Å². The molecule has 2 N–H and O–H groups in total. The van der Waals surface area contributed by atoms with Crippen LogP contribution in [-0.4, -0.2) is 35.3 Å². The number of aliphatic hydroxyl groups is 1. The van der Waals surface area contributed by atoms with Crippen molar-refractivity contribution in [1.29, 1.82) is 0 Å². The fourth-order valence-electron chi connectivity index (χ4n) is 3.19. The molecule has 1 aromatic rings. The Morgan fingerprint density at radius 2 is 2.05 bits per heavy atom. The van der Waals surface area contributed by atoms with Crippen molar-refractivity contribution in [2.24, 2.45) is 0 Å². The molecule has 0 aromatic heterocycles. The molecular formula is C17H27NOS. The molecule has 4 unspecified atom stereocenters. The summed E-state index contributed by atoms with van der Waals surface area (Å²) in [6.07, 6.45) is 4.67. The van der Waals surface area contributed by atoms with E-state index in [-0.39, 0.29) is 0 Å². The van der Waals surface area contributed by atoms with Gasteiger partial charge in [0.1, 0.15) is 0 Å². The minimum Gasteiger partial charge on any atom is -0.396 e. The Balaban J connectivity index is 2.00. The smallest absolute Gasteiger partial charge is 0.0441 e. The van der Waals surface area contributed by atoms with E-state index in [1.807, 2.05) is 0 Å². The molecule has 0 amide bonds. The van der Waals surface area contributed by atoms with Crippen LogP contribution in [0, 0.1) is 0 Å². The van der Waals surface area contributed by atoms with Gasteiger partial charge in [-0.25, -0.2) is 0 Å². The van der Waals surface area contributed by atoms with Crippen molar-refractivity contribution < 1.29 is 5.11 Å². The molecule has 0 radical (unpaired) electrons. The van der Waals surface area contributed by atoms with Gasteiger partial charge in [-0.3, -0.25) is 0 Å². The Morgan fingerprint density at radius 3 is 2.70 bits per heavy atom. The predicted molar refractivity (Wildman–Crippen MR) is 88.4 cm³/mol. The first-order valence-electron chi connectivity index (χ1n) is 7.73. The van der Waals surface area contributed by atoms with Crippen molar-refractivity contribution in [2.75, 3.05) is 13.7 Å². The molecule has 3 heteroatoms. The van der Waals surface area contributed by atoms with Gasteiger partial charge in [-0.05, 0) is 44.2 Å². The molecule has 1 saturated carbocycles. The number of benzene rings is 1. The molecule has 0 aliphatic heterocycles. The average molecular weight is 293 g/mol. The second kappa shape index (κ2) is 8.06. The molecule has 0 bridgehead atoms. The van der Waals surface area contributed by atoms with E-state index >= 15 is 0 Å². The second-order valence-electron chi connectivity index (χ2n) is 5.81. The highest BCUT2D eigenvalue weighted by Crippen LogP contribution is 2.39. The fourth-order valence-corrected chi connectivity index (χ4v) is 4.83. The largest absolute Gasteiger partial charge is 0.396 e. The van der Waals surface area contributed by atoms with Gasteiger partial charge < -0.3 is 10.4 Å². The summed E-state index contributed by atoms with van der Waals surface area (Å²) < 4.78 is 0. The van der Waals surface area contributed by atoms with E-state index in [1.54, 1.807) is 0 Å². The molecule has 1 aromatic carbocycles. The number of hydrogen-bond donors (Lipinski definition) is 2. The zero-order valence-electron chi connectivity index (χ0n) is 12.6. The molecule has 1 fully saturated rings. The van der Waals surface area contributed by atoms with Crippen LogP contribution in [0.1, 0.15) is 44.1 Å². The standard InChI is InChI=1S/C17H27NOS/c1-13(10-11-19)20-17-12-15(8-9-16(17)18-2)14-6-4-3-5-7-14/h3-7,13,15-19H,8-12H2,1-2H3. The zero-order valence-corrected chi connectivity index (χ0v) is 13.4. The van der Waals surface area contributed by atoms with E-state index in [4.69, 9.17) is 5.11 Å². The quantitative estimate of drug-likeness (QED) is 0.843. The molecular weight excluding hydrogens is 266 g/mol. The molecule has 0 heterocycles. The van der Waals surface area contributed by atoms with E-state index < -0.39 is 0 Å². The Morgan fingerprint density at radius 1 is 1.30 bits per heavy atom. The first kappa shape index (κ1) is 15.9. The van der Waals surface area contributed by atoms with Crippen molar-refractivity contribution in [3.8, 4) is 0 Å². The van der Waals surface area contributed by atoms with Gasteiger partial charge in [0.2, 0.25) is 0 Å². The van der Waals surface area contributed by atoms with Crippen LogP contribution in [0.25, 0.3) is 0 Å². The van der Waals surface area contributed by atoms with Crippen LogP contribution in [0.4, 0.5) is 0 Å². The lowest BCUT2D eigenvalue weighted by atomic mass is 9.81. The van der Waals surface area contributed by atoms with Crippen LogP contribution in [0.3, 0.4) is 0 Å².